The van der Waals surface area contributed by atoms with Crippen molar-refractivity contribution in [1.29, 1.82) is 0 Å². The van der Waals surface area contributed by atoms with Crippen LogP contribution in [0.5, 0.6) is 0 Å². The van der Waals surface area contributed by atoms with Crippen LogP contribution < -0.4 is 15.5 Å². The van der Waals surface area contributed by atoms with E-state index in [4.69, 9.17) is 4.74 Å². The summed E-state index contributed by atoms with van der Waals surface area (Å²) in [6.07, 6.45) is 0.575. The number of likely N-dealkylation sites (tertiary alicyclic amines) is 1. The van der Waals surface area contributed by atoms with Crippen LogP contribution in [0.4, 0.5) is 29.5 Å². The zero-order valence-corrected chi connectivity index (χ0v) is 28.1. The third-order valence-electron chi connectivity index (χ3n) is 9.61. The SMILES string of the molecule is CC(NC(=O)c1ccc(NC2CC3(CCN(c4ncnc5sc(CC(F)(F)F)cc45)C3)C2)cc1)C1CCN(C(=O)OC(C)(C)C)CC1. The van der Waals surface area contributed by atoms with Gasteiger partial charge in [0.15, 0.2) is 0 Å². The molecule has 1 spiro atoms. The molecule has 47 heavy (non-hydrogen) atoms. The minimum absolute atomic E-state index is 0.0154. The maximum absolute atomic E-state index is 13.0. The van der Waals surface area contributed by atoms with Gasteiger partial charge in [-0.25, -0.2) is 14.8 Å². The lowest BCUT2D eigenvalue weighted by molar-refractivity contribution is -0.126. The molecule has 254 valence electrons. The number of anilines is 2. The summed E-state index contributed by atoms with van der Waals surface area (Å²) in [6.45, 7) is 10.5. The summed E-state index contributed by atoms with van der Waals surface area (Å²) in [5.41, 5.74) is 1.20. The first-order chi connectivity index (χ1) is 22.2. The molecule has 9 nitrogen and oxygen atoms in total. The number of rotatable bonds is 7. The first-order valence-electron chi connectivity index (χ1n) is 16.4. The number of hydrogen-bond donors (Lipinski definition) is 2. The highest BCUT2D eigenvalue weighted by molar-refractivity contribution is 7.18. The van der Waals surface area contributed by atoms with Crippen LogP contribution in [0.2, 0.25) is 0 Å². The van der Waals surface area contributed by atoms with Crippen molar-refractivity contribution in [3.63, 3.8) is 0 Å². The van der Waals surface area contributed by atoms with E-state index in [9.17, 15) is 22.8 Å². The molecule has 1 unspecified atom stereocenters. The Labute approximate surface area is 277 Å². The maximum Gasteiger partial charge on any atom is 0.410 e. The Morgan fingerprint density at radius 2 is 1.79 bits per heavy atom. The molecule has 13 heteroatoms. The van der Waals surface area contributed by atoms with E-state index >= 15 is 0 Å². The highest BCUT2D eigenvalue weighted by Crippen LogP contribution is 2.50. The van der Waals surface area contributed by atoms with Crippen molar-refractivity contribution in [2.24, 2.45) is 11.3 Å². The Morgan fingerprint density at radius 3 is 2.45 bits per heavy atom. The summed E-state index contributed by atoms with van der Waals surface area (Å²) in [7, 11) is 0. The standard InChI is InChI=1S/C34H43F3N6O3S/c1-21(22-9-12-42(13-10-22)31(45)46-32(2,3)4)40-29(44)23-5-7-24(8-6-23)41-25-16-33(17-25)11-14-43(19-33)28-27-15-26(18-34(35,36)37)47-30(27)39-20-38-28/h5-8,15,20-22,25,41H,9-14,16-19H2,1-4H3,(H,40,44). The number of thiophene rings is 1. The molecule has 2 aromatic heterocycles. The number of carbonyl (C=O) groups is 2. The van der Waals surface area contributed by atoms with Gasteiger partial charge in [-0.05, 0) is 101 Å². The van der Waals surface area contributed by atoms with Crippen LogP contribution in [0.3, 0.4) is 0 Å². The number of fused-ring (bicyclic) bond motifs is 1. The Morgan fingerprint density at radius 1 is 1.09 bits per heavy atom. The second-order valence-corrected chi connectivity index (χ2v) is 15.6. The number of alkyl halides is 3. The third-order valence-corrected chi connectivity index (χ3v) is 10.6. The largest absolute Gasteiger partial charge is 0.444 e. The van der Waals surface area contributed by atoms with Crippen LogP contribution in [0.25, 0.3) is 10.2 Å². The molecular formula is C34H43F3N6O3S. The van der Waals surface area contributed by atoms with Gasteiger partial charge >= 0.3 is 12.3 Å². The van der Waals surface area contributed by atoms with Crippen molar-refractivity contribution in [2.45, 2.75) is 90.1 Å². The number of carbonyl (C=O) groups excluding carboxylic acids is 2. The number of halogens is 3. The smallest absolute Gasteiger partial charge is 0.410 e. The monoisotopic (exact) mass is 672 g/mol. The molecule has 6 rings (SSSR count). The fraction of sp³-hybridized carbons (Fsp3) is 0.588. The first kappa shape index (κ1) is 33.3. The van der Waals surface area contributed by atoms with E-state index in [0.29, 0.717) is 34.9 Å². The van der Waals surface area contributed by atoms with E-state index in [1.165, 1.54) is 6.33 Å². The highest BCUT2D eigenvalue weighted by Gasteiger charge is 2.49. The number of ether oxygens (including phenoxy) is 1. The summed E-state index contributed by atoms with van der Waals surface area (Å²) in [4.78, 5) is 38.9. The van der Waals surface area contributed by atoms with Crippen molar-refractivity contribution in [3.05, 3.63) is 47.1 Å². The Balaban J connectivity index is 0.960. The predicted octanol–water partition coefficient (Wildman–Crippen LogP) is 7.03. The summed E-state index contributed by atoms with van der Waals surface area (Å²) in [5.74, 6) is 0.901. The van der Waals surface area contributed by atoms with Gasteiger partial charge < -0.3 is 25.2 Å². The van der Waals surface area contributed by atoms with E-state index < -0.39 is 18.2 Å². The zero-order chi connectivity index (χ0) is 33.6. The van der Waals surface area contributed by atoms with Crippen LogP contribution in [0, 0.1) is 11.3 Å². The lowest BCUT2D eigenvalue weighted by Crippen LogP contribution is -2.47. The second kappa shape index (κ2) is 12.8. The Kier molecular flexibility index (Phi) is 9.05. The molecule has 1 aliphatic carbocycles. The van der Waals surface area contributed by atoms with E-state index in [1.807, 2.05) is 52.0 Å². The zero-order valence-electron chi connectivity index (χ0n) is 27.3. The quantitative estimate of drug-likeness (QED) is 0.278. The van der Waals surface area contributed by atoms with E-state index in [2.05, 4.69) is 25.5 Å². The minimum Gasteiger partial charge on any atom is -0.444 e. The van der Waals surface area contributed by atoms with Crippen molar-refractivity contribution in [2.75, 3.05) is 36.4 Å². The van der Waals surface area contributed by atoms with Gasteiger partial charge in [0.25, 0.3) is 5.91 Å². The van der Waals surface area contributed by atoms with Gasteiger partial charge in [-0.15, -0.1) is 11.3 Å². The molecule has 2 aliphatic heterocycles. The van der Waals surface area contributed by atoms with Crippen LogP contribution in [-0.2, 0) is 11.2 Å². The van der Waals surface area contributed by atoms with Crippen molar-refractivity contribution < 1.29 is 27.5 Å². The molecule has 1 atom stereocenters. The van der Waals surface area contributed by atoms with Gasteiger partial charge in [0, 0.05) is 54.4 Å². The molecule has 2 saturated heterocycles. The molecule has 2 N–H and O–H groups in total. The molecule has 0 radical (unpaired) electrons. The fourth-order valence-electron chi connectivity index (χ4n) is 7.24. The molecule has 4 heterocycles. The topological polar surface area (TPSA) is 99.7 Å². The van der Waals surface area contributed by atoms with Gasteiger partial charge in [-0.3, -0.25) is 4.79 Å². The van der Waals surface area contributed by atoms with E-state index in [0.717, 1.165) is 68.0 Å². The maximum atomic E-state index is 13.0. The summed E-state index contributed by atoms with van der Waals surface area (Å²) < 4.78 is 44.4. The molecule has 2 amide bonds. The van der Waals surface area contributed by atoms with E-state index in [-0.39, 0.29) is 34.3 Å². The molecule has 1 saturated carbocycles. The van der Waals surface area contributed by atoms with E-state index in [1.54, 1.807) is 11.0 Å². The van der Waals surface area contributed by atoms with Crippen molar-refractivity contribution in [1.82, 2.24) is 20.2 Å². The van der Waals surface area contributed by atoms with Crippen molar-refractivity contribution >= 4 is 45.1 Å². The number of hydrogen-bond acceptors (Lipinski definition) is 8. The molecule has 3 aromatic rings. The van der Waals surface area contributed by atoms with Gasteiger partial charge in [0.2, 0.25) is 0 Å². The summed E-state index contributed by atoms with van der Waals surface area (Å²) >= 11 is 1.08. The van der Waals surface area contributed by atoms with Crippen LogP contribution in [0.1, 0.15) is 75.0 Å². The average molecular weight is 673 g/mol. The lowest BCUT2D eigenvalue weighted by atomic mass is 9.65. The first-order valence-corrected chi connectivity index (χ1v) is 17.2. The fourth-order valence-corrected chi connectivity index (χ4v) is 8.26. The molecule has 0 bridgehead atoms. The molecule has 1 aromatic carbocycles. The summed E-state index contributed by atoms with van der Waals surface area (Å²) in [5, 5.41) is 7.45. The number of nitrogens with zero attached hydrogens (tertiary/aromatic N) is 4. The number of aromatic nitrogens is 2. The van der Waals surface area contributed by atoms with Gasteiger partial charge in [-0.1, -0.05) is 0 Å². The van der Waals surface area contributed by atoms with Crippen LogP contribution in [0.15, 0.2) is 36.7 Å². The van der Waals surface area contributed by atoms with Crippen LogP contribution in [-0.4, -0.2) is 76.9 Å². The average Bonchev–Trinajstić information content (AvgIpc) is 3.60. The summed E-state index contributed by atoms with van der Waals surface area (Å²) in [6, 6.07) is 9.46. The Bertz CT molecular complexity index is 1590. The minimum atomic E-state index is -4.25. The highest BCUT2D eigenvalue weighted by atomic mass is 32.1. The van der Waals surface area contributed by atoms with Gasteiger partial charge in [0.1, 0.15) is 22.6 Å². The normalized spacial score (nSPS) is 22.7. The van der Waals surface area contributed by atoms with Crippen LogP contribution >= 0.6 is 11.3 Å². The third kappa shape index (κ3) is 7.93. The Hall–Kier alpha value is -3.61. The molecular weight excluding hydrogens is 629 g/mol. The second-order valence-electron chi connectivity index (χ2n) is 14.5. The number of amides is 2. The van der Waals surface area contributed by atoms with Gasteiger partial charge in [-0.2, -0.15) is 13.2 Å². The lowest BCUT2D eigenvalue weighted by Gasteiger charge is -2.46. The number of piperidine rings is 1. The number of benzene rings is 1. The van der Waals surface area contributed by atoms with Gasteiger partial charge in [0.05, 0.1) is 11.8 Å². The predicted molar refractivity (Wildman–Crippen MR) is 177 cm³/mol. The molecule has 3 aliphatic rings. The van der Waals surface area contributed by atoms with Crippen molar-refractivity contribution in [3.8, 4) is 0 Å². The molecule has 3 fully saturated rings. The number of nitrogens with one attached hydrogen (secondary N) is 2.